The summed E-state index contributed by atoms with van der Waals surface area (Å²) in [6, 6.07) is 0. The fourth-order valence-corrected chi connectivity index (χ4v) is 8.90. The Balaban J connectivity index is -0.000000818. The Morgan fingerprint density at radius 2 is 0.894 bits per heavy atom. The molecule has 4 nitrogen and oxygen atoms in total. The first-order valence-electron chi connectivity index (χ1n) is 13.6. The molecule has 0 saturated heterocycles. The summed E-state index contributed by atoms with van der Waals surface area (Å²) in [6.07, 6.45) is 8.56. The third-order valence-electron chi connectivity index (χ3n) is 6.60. The van der Waals surface area contributed by atoms with Crippen LogP contribution in [0.15, 0.2) is 0 Å². The molecular weight excluding hydrogens is 1010 g/mol. The van der Waals surface area contributed by atoms with E-state index in [1.54, 1.807) is 0 Å². The molecule has 2 atom stereocenters. The van der Waals surface area contributed by atoms with Crippen molar-refractivity contribution in [3.8, 4) is 0 Å². The van der Waals surface area contributed by atoms with Crippen molar-refractivity contribution in [2.24, 2.45) is 11.8 Å². The van der Waals surface area contributed by atoms with E-state index in [0.717, 1.165) is 51.4 Å². The van der Waals surface area contributed by atoms with Crippen LogP contribution in [0.3, 0.4) is 0 Å². The summed E-state index contributed by atoms with van der Waals surface area (Å²) in [6.45, 7) is 9.10. The zero-order valence-corrected chi connectivity index (χ0v) is 41.5. The van der Waals surface area contributed by atoms with Gasteiger partial charge in [-0.2, -0.15) is 0 Å². The topological polar surface area (TPSA) is 55.8 Å². The monoisotopic (exact) mass is 1040 g/mol. The Kier molecular flexibility index (Phi) is 29.4. The number of halogens is 17. The second kappa shape index (κ2) is 24.1. The molecule has 0 aromatic heterocycles. The first kappa shape index (κ1) is 57.4. The van der Waals surface area contributed by atoms with E-state index in [0.29, 0.717) is 25.0 Å². The van der Waals surface area contributed by atoms with Crippen LogP contribution in [0.1, 0.15) is 79.1 Å². The molecule has 23 heteroatoms. The van der Waals surface area contributed by atoms with Gasteiger partial charge >= 0.3 is 37.4 Å². The molecular formula is C24H35Cl17NaO4P. The molecule has 0 rings (SSSR count). The predicted octanol–water partition coefficient (Wildman–Crippen LogP) is 12.9. The van der Waals surface area contributed by atoms with Crippen LogP contribution < -0.4 is 29.6 Å². The molecule has 0 aliphatic heterocycles. The second-order valence-electron chi connectivity index (χ2n) is 10.1. The second-order valence-corrected chi connectivity index (χ2v) is 22.7. The summed E-state index contributed by atoms with van der Waals surface area (Å²) in [5.74, 6) is 0.687. The van der Waals surface area contributed by atoms with Gasteiger partial charge in [0.15, 0.2) is 17.3 Å². The Bertz CT molecular complexity index is 912. The van der Waals surface area contributed by atoms with E-state index in [1.807, 2.05) is 0 Å². The smallest absolute Gasteiger partial charge is 0.326 e. The normalized spacial score (nSPS) is 16.6. The maximum atomic E-state index is 11.9. The van der Waals surface area contributed by atoms with Gasteiger partial charge in [0.25, 0.3) is 0 Å². The van der Waals surface area contributed by atoms with Crippen molar-refractivity contribution in [2.75, 3.05) is 13.2 Å². The van der Waals surface area contributed by atoms with E-state index in [4.69, 9.17) is 206 Å². The van der Waals surface area contributed by atoms with Crippen molar-refractivity contribution in [2.45, 2.75) is 109 Å². The van der Waals surface area contributed by atoms with E-state index in [-0.39, 0.29) is 29.6 Å². The summed E-state index contributed by atoms with van der Waals surface area (Å²) in [7, 11) is -3.89. The molecule has 0 radical (unpaired) electrons. The van der Waals surface area contributed by atoms with Crippen LogP contribution in [0.5, 0.6) is 0 Å². The van der Waals surface area contributed by atoms with Crippen LogP contribution in [0, 0.1) is 16.7 Å². The van der Waals surface area contributed by atoms with Gasteiger partial charge in [0.05, 0.1) is 17.5 Å². The van der Waals surface area contributed by atoms with E-state index >= 15 is 0 Å². The van der Waals surface area contributed by atoms with E-state index in [2.05, 4.69) is 27.7 Å². The Hall–Kier alpha value is 6.04. The van der Waals surface area contributed by atoms with Crippen LogP contribution in [0.2, 0.25) is 0 Å². The number of rotatable bonds is 20. The summed E-state index contributed by atoms with van der Waals surface area (Å²) < 4.78 is 2.96. The molecule has 0 heterocycles. The van der Waals surface area contributed by atoms with Gasteiger partial charge in [-0.15, -0.1) is 28.0 Å². The number of unbranched alkanes of at least 4 members (excludes halogenated alkanes) is 2. The number of alkyl halides is 15. The SMILES string of the molecule is CCCCC(CC)COP(=O)(O)OCC(CC)CCCC.Cl[C-](Cl)C(Cl)(Cl)C(Cl)(Cl)C(Cl)(Cl)C(Cl)(Cl)C(Cl)(Cl)C(Cl)(Cl)C(Cl)(Cl)Cl.[Na+]. The number of phosphoric acid groups is 1. The fraction of sp³-hybridized carbons (Fsp3) is 0.958. The van der Waals surface area contributed by atoms with Crippen molar-refractivity contribution in [3.05, 3.63) is 4.84 Å². The minimum Gasteiger partial charge on any atom is -0.326 e. The third-order valence-corrected chi connectivity index (χ3v) is 18.5. The molecule has 47 heavy (non-hydrogen) atoms. The Morgan fingerprint density at radius 3 is 1.15 bits per heavy atom. The molecule has 0 spiro atoms. The molecule has 1 N–H and O–H groups in total. The average Bonchev–Trinajstić information content (AvgIpc) is 2.92. The average molecular weight is 1040 g/mol. The quantitative estimate of drug-likeness (QED) is 0.0571. The Labute approximate surface area is 386 Å². The molecule has 0 aromatic rings. The molecule has 0 aromatic carbocycles. The number of phosphoric ester groups is 1. The maximum Gasteiger partial charge on any atom is 1.00 e. The van der Waals surface area contributed by atoms with Crippen LogP contribution >= 0.6 is 205 Å². The summed E-state index contributed by atoms with van der Waals surface area (Å²) in [5, 5.41) is 0. The first-order chi connectivity index (χ1) is 20.4. The van der Waals surface area contributed by atoms with E-state index in [1.165, 1.54) is 0 Å². The van der Waals surface area contributed by atoms with Crippen LogP contribution in [-0.2, 0) is 13.6 Å². The van der Waals surface area contributed by atoms with Crippen LogP contribution in [-0.4, -0.2) is 47.9 Å². The largest absolute Gasteiger partial charge is 1.00 e. The summed E-state index contributed by atoms with van der Waals surface area (Å²) in [5.41, 5.74) is 0. The number of hydrogen-bond donors (Lipinski definition) is 1. The minimum absolute atomic E-state index is 0. The molecule has 280 valence electrons. The van der Waals surface area contributed by atoms with Gasteiger partial charge in [-0.05, 0) is 24.7 Å². The van der Waals surface area contributed by atoms with Crippen molar-refractivity contribution in [3.63, 3.8) is 0 Å². The zero-order chi connectivity index (χ0) is 37.2. The maximum absolute atomic E-state index is 11.9. The molecule has 2 unspecified atom stereocenters. The Morgan fingerprint density at radius 1 is 0.596 bits per heavy atom. The van der Waals surface area contributed by atoms with E-state index < -0.39 is 42.5 Å². The van der Waals surface area contributed by atoms with Crippen molar-refractivity contribution in [1.29, 1.82) is 0 Å². The third kappa shape index (κ3) is 16.1. The molecule has 0 amide bonds. The van der Waals surface area contributed by atoms with Crippen molar-refractivity contribution in [1.82, 2.24) is 0 Å². The van der Waals surface area contributed by atoms with Gasteiger partial charge in [0.1, 0.15) is 0 Å². The van der Waals surface area contributed by atoms with Gasteiger partial charge < -0.3 is 28.1 Å². The van der Waals surface area contributed by atoms with Gasteiger partial charge in [0.2, 0.25) is 8.13 Å². The zero-order valence-electron chi connectivity index (χ0n) is 25.8. The molecule has 0 aliphatic carbocycles. The van der Waals surface area contributed by atoms with Crippen molar-refractivity contribution < 1.29 is 48.1 Å². The molecule has 0 saturated carbocycles. The number of hydrogen-bond acceptors (Lipinski definition) is 3. The van der Waals surface area contributed by atoms with Crippen molar-refractivity contribution >= 4 is 205 Å². The van der Waals surface area contributed by atoms with Crippen LogP contribution in [0.25, 0.3) is 0 Å². The minimum atomic E-state index is -3.89. The predicted molar refractivity (Wildman–Crippen MR) is 210 cm³/mol. The fourth-order valence-electron chi connectivity index (χ4n) is 3.32. The van der Waals surface area contributed by atoms with Crippen LogP contribution in [0.4, 0.5) is 0 Å². The van der Waals surface area contributed by atoms with Gasteiger partial charge in [-0.25, -0.2) is 4.57 Å². The summed E-state index contributed by atoms with van der Waals surface area (Å²) >= 11 is 100. The molecule has 0 aliphatic rings. The van der Waals surface area contributed by atoms with Gasteiger partial charge in [-0.1, -0.05) is 217 Å². The van der Waals surface area contributed by atoms with Gasteiger partial charge in [0, 0.05) is 0 Å². The standard InChI is InChI=1S/C16H35O4P.C8Cl17.Na/c1-5-9-11-15(7-3)13-19-21(17,18)20-14-16(8-4)12-10-6-2;9-1(10)2(11,12)3(13,14)4(15,16)5(17,18)6(19,20)7(21,22)8(23,24)25;/h15-16H,5-14H2,1-4H3,(H,17,18);;/q;-1;+1. The van der Waals surface area contributed by atoms with Gasteiger partial charge in [-0.3, -0.25) is 9.05 Å². The van der Waals surface area contributed by atoms with E-state index in [9.17, 15) is 9.46 Å². The summed E-state index contributed by atoms with van der Waals surface area (Å²) in [4.78, 5) is 8.98. The molecule has 0 fully saturated rings. The molecule has 0 bridgehead atoms. The first-order valence-corrected chi connectivity index (χ1v) is 21.5.